The lowest BCUT2D eigenvalue weighted by molar-refractivity contribution is -0.145. The zero-order chi connectivity index (χ0) is 15.3. The molecule has 2 saturated carbocycles. The van der Waals surface area contributed by atoms with Crippen molar-refractivity contribution in [2.45, 2.75) is 25.9 Å². The molecule has 0 aromatic heterocycles. The highest BCUT2D eigenvalue weighted by atomic mass is 16.6. The molecule has 5 heteroatoms. The molecular weight excluding hydrogens is 282 g/mol. The Hall–Kier alpha value is -2.04. The van der Waals surface area contributed by atoms with Gasteiger partial charge in [0.1, 0.15) is 11.9 Å². The lowest BCUT2D eigenvalue weighted by Crippen LogP contribution is -2.35. The van der Waals surface area contributed by atoms with Crippen molar-refractivity contribution in [3.05, 3.63) is 24.3 Å². The van der Waals surface area contributed by atoms with Gasteiger partial charge >= 0.3 is 5.97 Å². The molecule has 2 aliphatic carbocycles. The molecule has 3 fully saturated rings. The van der Waals surface area contributed by atoms with Gasteiger partial charge in [0.2, 0.25) is 5.91 Å². The second-order valence-corrected chi connectivity index (χ2v) is 6.37. The number of fused-ring (bicyclic) bond motifs is 1. The van der Waals surface area contributed by atoms with E-state index in [4.69, 9.17) is 9.47 Å². The van der Waals surface area contributed by atoms with Crippen molar-refractivity contribution in [3.8, 4) is 5.75 Å². The van der Waals surface area contributed by atoms with E-state index in [0.717, 1.165) is 24.3 Å². The number of ether oxygens (including phenoxy) is 2. The number of rotatable bonds is 4. The van der Waals surface area contributed by atoms with Crippen LogP contribution in [0.15, 0.2) is 24.3 Å². The SMILES string of the molecule is CCOc1ccc(NC(=O)[C@@H]2[C@H]3C[C@H]4[C@H]2C(=O)O[C@H]4C3)cc1. The molecule has 1 aliphatic heterocycles. The van der Waals surface area contributed by atoms with Gasteiger partial charge in [-0.1, -0.05) is 0 Å². The van der Waals surface area contributed by atoms with Crippen molar-refractivity contribution in [2.75, 3.05) is 11.9 Å². The third-order valence-corrected chi connectivity index (χ3v) is 5.22. The lowest BCUT2D eigenvalue weighted by atomic mass is 9.79. The van der Waals surface area contributed by atoms with Crippen molar-refractivity contribution < 1.29 is 19.1 Å². The molecule has 2 bridgehead atoms. The fourth-order valence-electron chi connectivity index (χ4n) is 4.39. The molecular formula is C17H19NO4. The molecule has 0 unspecified atom stereocenters. The van der Waals surface area contributed by atoms with Gasteiger partial charge in [-0.05, 0) is 49.9 Å². The predicted molar refractivity (Wildman–Crippen MR) is 79.3 cm³/mol. The summed E-state index contributed by atoms with van der Waals surface area (Å²) in [5.41, 5.74) is 0.735. The lowest BCUT2D eigenvalue weighted by Gasteiger charge is -2.23. The van der Waals surface area contributed by atoms with Gasteiger partial charge in [-0.25, -0.2) is 0 Å². The Morgan fingerprint density at radius 3 is 2.82 bits per heavy atom. The molecule has 1 amide bonds. The number of esters is 1. The van der Waals surface area contributed by atoms with Crippen molar-refractivity contribution in [1.29, 1.82) is 0 Å². The second-order valence-electron chi connectivity index (χ2n) is 6.37. The van der Waals surface area contributed by atoms with E-state index in [1.807, 2.05) is 31.2 Å². The number of nitrogens with one attached hydrogen (secondary N) is 1. The summed E-state index contributed by atoms with van der Waals surface area (Å²) in [6.45, 7) is 2.54. The Bertz CT molecular complexity index is 610. The molecule has 22 heavy (non-hydrogen) atoms. The van der Waals surface area contributed by atoms with Crippen LogP contribution in [-0.2, 0) is 14.3 Å². The molecule has 0 radical (unpaired) electrons. The molecule has 1 aromatic rings. The largest absolute Gasteiger partial charge is 0.494 e. The molecule has 1 heterocycles. The summed E-state index contributed by atoms with van der Waals surface area (Å²) in [4.78, 5) is 24.6. The van der Waals surface area contributed by atoms with E-state index in [0.29, 0.717) is 6.61 Å². The first-order valence-corrected chi connectivity index (χ1v) is 7.91. The van der Waals surface area contributed by atoms with Crippen molar-refractivity contribution in [3.63, 3.8) is 0 Å². The van der Waals surface area contributed by atoms with Gasteiger partial charge in [0.05, 0.1) is 18.4 Å². The fourth-order valence-corrected chi connectivity index (χ4v) is 4.39. The normalized spacial score (nSPS) is 34.6. The topological polar surface area (TPSA) is 64.6 Å². The summed E-state index contributed by atoms with van der Waals surface area (Å²) in [5.74, 6) is 0.625. The standard InChI is InChI=1S/C17H19NO4/c1-2-21-11-5-3-10(4-6-11)18-16(19)14-9-7-12-13(8-9)22-17(20)15(12)14/h3-6,9,12-15H,2,7-8H2,1H3,(H,18,19)/t9-,12+,13-,14+,15+/m0/s1. The maximum absolute atomic E-state index is 12.6. The summed E-state index contributed by atoms with van der Waals surface area (Å²) in [7, 11) is 0. The molecule has 1 aromatic carbocycles. The van der Waals surface area contributed by atoms with Crippen molar-refractivity contribution in [1.82, 2.24) is 0 Å². The van der Waals surface area contributed by atoms with Crippen LogP contribution in [0.25, 0.3) is 0 Å². The van der Waals surface area contributed by atoms with E-state index >= 15 is 0 Å². The molecule has 116 valence electrons. The average Bonchev–Trinajstić information content (AvgIpc) is 3.11. The minimum absolute atomic E-state index is 0.0565. The van der Waals surface area contributed by atoms with Gasteiger partial charge < -0.3 is 14.8 Å². The van der Waals surface area contributed by atoms with Crippen LogP contribution in [-0.4, -0.2) is 24.6 Å². The Balaban J connectivity index is 1.47. The van der Waals surface area contributed by atoms with Gasteiger partial charge in [0, 0.05) is 11.6 Å². The summed E-state index contributed by atoms with van der Waals surface area (Å²) in [5, 5.41) is 2.94. The minimum atomic E-state index is -0.234. The minimum Gasteiger partial charge on any atom is -0.494 e. The highest BCUT2D eigenvalue weighted by Crippen LogP contribution is 2.57. The second kappa shape index (κ2) is 5.00. The first-order valence-electron chi connectivity index (χ1n) is 7.91. The van der Waals surface area contributed by atoms with Crippen LogP contribution in [0, 0.1) is 23.7 Å². The van der Waals surface area contributed by atoms with Crippen LogP contribution < -0.4 is 10.1 Å². The number of amides is 1. The van der Waals surface area contributed by atoms with Crippen LogP contribution in [0.4, 0.5) is 5.69 Å². The Morgan fingerprint density at radius 2 is 2.09 bits per heavy atom. The van der Waals surface area contributed by atoms with Gasteiger partial charge in [0.15, 0.2) is 0 Å². The van der Waals surface area contributed by atoms with Crippen LogP contribution >= 0.6 is 0 Å². The van der Waals surface area contributed by atoms with Crippen LogP contribution in [0.3, 0.4) is 0 Å². The molecule has 5 nitrogen and oxygen atoms in total. The van der Waals surface area contributed by atoms with Gasteiger partial charge in [-0.3, -0.25) is 9.59 Å². The summed E-state index contributed by atoms with van der Waals surface area (Å²) < 4.78 is 10.8. The Kier molecular flexibility index (Phi) is 3.10. The van der Waals surface area contributed by atoms with E-state index in [1.165, 1.54) is 0 Å². The number of benzene rings is 1. The van der Waals surface area contributed by atoms with E-state index in [9.17, 15) is 9.59 Å². The Labute approximate surface area is 129 Å². The number of hydrogen-bond donors (Lipinski definition) is 1. The smallest absolute Gasteiger partial charge is 0.310 e. The molecule has 5 atom stereocenters. The summed E-state index contributed by atoms with van der Waals surface area (Å²) in [6, 6.07) is 7.32. The Morgan fingerprint density at radius 1 is 1.32 bits per heavy atom. The van der Waals surface area contributed by atoms with Crippen molar-refractivity contribution >= 4 is 17.6 Å². The van der Waals surface area contributed by atoms with E-state index in [2.05, 4.69) is 5.32 Å². The first kappa shape index (κ1) is 13.6. The van der Waals surface area contributed by atoms with Crippen molar-refractivity contribution in [2.24, 2.45) is 23.7 Å². The third kappa shape index (κ3) is 1.99. The van der Waals surface area contributed by atoms with Crippen LogP contribution in [0.2, 0.25) is 0 Å². The summed E-state index contributed by atoms with van der Waals surface area (Å²) in [6.07, 6.45) is 1.86. The van der Waals surface area contributed by atoms with Gasteiger partial charge in [-0.2, -0.15) is 0 Å². The zero-order valence-corrected chi connectivity index (χ0v) is 12.5. The van der Waals surface area contributed by atoms with E-state index < -0.39 is 0 Å². The molecule has 4 rings (SSSR count). The molecule has 1 saturated heterocycles. The number of carbonyl (C=O) groups excluding carboxylic acids is 2. The van der Waals surface area contributed by atoms with Crippen LogP contribution in [0.5, 0.6) is 5.75 Å². The van der Waals surface area contributed by atoms with E-state index in [1.54, 1.807) is 0 Å². The average molecular weight is 301 g/mol. The third-order valence-electron chi connectivity index (χ3n) is 5.22. The number of carbonyl (C=O) groups is 2. The molecule has 1 N–H and O–H groups in total. The quantitative estimate of drug-likeness (QED) is 0.866. The predicted octanol–water partition coefficient (Wildman–Crippen LogP) is 2.22. The molecule has 3 aliphatic rings. The fraction of sp³-hybridized carbons (Fsp3) is 0.529. The highest BCUT2D eigenvalue weighted by molar-refractivity contribution is 5.97. The summed E-state index contributed by atoms with van der Waals surface area (Å²) >= 11 is 0. The number of hydrogen-bond acceptors (Lipinski definition) is 4. The maximum Gasteiger partial charge on any atom is 0.310 e. The monoisotopic (exact) mass is 301 g/mol. The maximum atomic E-state index is 12.6. The van der Waals surface area contributed by atoms with E-state index in [-0.39, 0.29) is 41.7 Å². The van der Waals surface area contributed by atoms with Crippen LogP contribution in [0.1, 0.15) is 19.8 Å². The zero-order valence-electron chi connectivity index (χ0n) is 12.5. The molecule has 0 spiro atoms. The van der Waals surface area contributed by atoms with Gasteiger partial charge in [-0.15, -0.1) is 0 Å². The number of anilines is 1. The van der Waals surface area contributed by atoms with Gasteiger partial charge in [0.25, 0.3) is 0 Å². The first-order chi connectivity index (χ1) is 10.7. The highest BCUT2D eigenvalue weighted by Gasteiger charge is 2.63.